The van der Waals surface area contributed by atoms with Gasteiger partial charge in [-0.25, -0.2) is 0 Å². The third kappa shape index (κ3) is 8.73. The van der Waals surface area contributed by atoms with Crippen LogP contribution in [0.4, 0.5) is 0 Å². The van der Waals surface area contributed by atoms with Gasteiger partial charge in [-0.3, -0.25) is 0 Å². The molecule has 0 aliphatic carbocycles. The molecule has 4 rings (SSSR count). The van der Waals surface area contributed by atoms with Crippen molar-refractivity contribution in [1.82, 2.24) is 0 Å². The molecule has 0 unspecified atom stereocenters. The van der Waals surface area contributed by atoms with Crippen molar-refractivity contribution in [2.24, 2.45) is 0 Å². The summed E-state index contributed by atoms with van der Waals surface area (Å²) >= 11 is 0. The van der Waals surface area contributed by atoms with E-state index in [1.54, 1.807) is 24.3 Å². The molecular weight excluding hydrogens is 490 g/mol. The summed E-state index contributed by atoms with van der Waals surface area (Å²) in [6, 6.07) is 30.2. The standard InChI is InChI=1S/C31H34B2O6/c34-32(35)28-14-6-24(7-15-28)26-10-18-30(19-11-26)38-22-4-2-1-3-5-23-39-31-20-12-27(13-21-31)25-8-16-29(17-9-25)33(36)37/h6-21,34-37H,1-5,22-23H2. The van der Waals surface area contributed by atoms with Crippen LogP contribution >= 0.6 is 0 Å². The average molecular weight is 524 g/mol. The molecular formula is C31H34B2O6. The smallest absolute Gasteiger partial charge is 0.488 e. The van der Waals surface area contributed by atoms with Gasteiger partial charge in [0.25, 0.3) is 0 Å². The zero-order chi connectivity index (χ0) is 27.5. The fourth-order valence-electron chi connectivity index (χ4n) is 4.30. The van der Waals surface area contributed by atoms with Gasteiger partial charge in [-0.2, -0.15) is 0 Å². The molecule has 0 atom stereocenters. The first-order valence-corrected chi connectivity index (χ1v) is 13.4. The van der Waals surface area contributed by atoms with Crippen LogP contribution in [0.15, 0.2) is 97.1 Å². The van der Waals surface area contributed by atoms with Crippen LogP contribution in [0, 0.1) is 0 Å². The molecule has 4 aromatic rings. The summed E-state index contributed by atoms with van der Waals surface area (Å²) in [4.78, 5) is 0. The van der Waals surface area contributed by atoms with E-state index in [9.17, 15) is 20.1 Å². The van der Waals surface area contributed by atoms with E-state index in [1.807, 2.05) is 72.8 Å². The van der Waals surface area contributed by atoms with Crippen molar-refractivity contribution < 1.29 is 29.6 Å². The van der Waals surface area contributed by atoms with E-state index in [1.165, 1.54) is 0 Å². The highest BCUT2D eigenvalue weighted by Gasteiger charge is 2.11. The Hall–Kier alpha value is -3.55. The van der Waals surface area contributed by atoms with Gasteiger partial charge in [-0.15, -0.1) is 0 Å². The third-order valence-corrected chi connectivity index (χ3v) is 6.62. The fourth-order valence-corrected chi connectivity index (χ4v) is 4.30. The Morgan fingerprint density at radius 1 is 0.385 bits per heavy atom. The van der Waals surface area contributed by atoms with E-state index >= 15 is 0 Å². The van der Waals surface area contributed by atoms with E-state index in [0.717, 1.165) is 65.9 Å². The predicted octanol–water partition coefficient (Wildman–Crippen LogP) is 3.79. The number of hydrogen-bond donors (Lipinski definition) is 4. The Balaban J connectivity index is 1.06. The van der Waals surface area contributed by atoms with Gasteiger partial charge >= 0.3 is 14.2 Å². The Labute approximate surface area is 230 Å². The second kappa shape index (κ2) is 14.6. The van der Waals surface area contributed by atoms with Crippen LogP contribution < -0.4 is 20.4 Å². The molecule has 4 N–H and O–H groups in total. The molecule has 0 bridgehead atoms. The largest absolute Gasteiger partial charge is 0.494 e. The Bertz CT molecular complexity index is 1160. The number of hydrogen-bond acceptors (Lipinski definition) is 6. The normalized spacial score (nSPS) is 10.8. The lowest BCUT2D eigenvalue weighted by atomic mass is 9.80. The van der Waals surface area contributed by atoms with Crippen molar-refractivity contribution in [1.29, 1.82) is 0 Å². The van der Waals surface area contributed by atoms with E-state index in [0.29, 0.717) is 24.1 Å². The first-order valence-electron chi connectivity index (χ1n) is 13.4. The van der Waals surface area contributed by atoms with Crippen LogP contribution in [-0.2, 0) is 0 Å². The lowest BCUT2D eigenvalue weighted by molar-refractivity contribution is 0.293. The Morgan fingerprint density at radius 3 is 0.974 bits per heavy atom. The maximum atomic E-state index is 9.22. The molecule has 0 radical (unpaired) electrons. The lowest BCUT2D eigenvalue weighted by Crippen LogP contribution is -2.29. The molecule has 0 aromatic heterocycles. The van der Waals surface area contributed by atoms with Gasteiger partial charge in [0, 0.05) is 0 Å². The van der Waals surface area contributed by atoms with Gasteiger partial charge in [0.1, 0.15) is 11.5 Å². The van der Waals surface area contributed by atoms with Crippen molar-refractivity contribution in [2.75, 3.05) is 13.2 Å². The zero-order valence-electron chi connectivity index (χ0n) is 21.9. The summed E-state index contributed by atoms with van der Waals surface area (Å²) in [6.45, 7) is 1.38. The zero-order valence-corrected chi connectivity index (χ0v) is 21.9. The molecule has 39 heavy (non-hydrogen) atoms. The maximum Gasteiger partial charge on any atom is 0.488 e. The highest BCUT2D eigenvalue weighted by atomic mass is 16.5. The van der Waals surface area contributed by atoms with Crippen LogP contribution in [-0.4, -0.2) is 47.5 Å². The quantitative estimate of drug-likeness (QED) is 0.148. The van der Waals surface area contributed by atoms with Crippen molar-refractivity contribution in [3.8, 4) is 33.8 Å². The summed E-state index contributed by atoms with van der Waals surface area (Å²) in [7, 11) is -2.90. The summed E-state index contributed by atoms with van der Waals surface area (Å²) in [5, 5.41) is 36.9. The monoisotopic (exact) mass is 524 g/mol. The minimum Gasteiger partial charge on any atom is -0.494 e. The van der Waals surface area contributed by atoms with E-state index in [4.69, 9.17) is 9.47 Å². The number of rotatable bonds is 14. The number of ether oxygens (including phenoxy) is 2. The molecule has 0 fully saturated rings. The fraction of sp³-hybridized carbons (Fsp3) is 0.226. The van der Waals surface area contributed by atoms with Gasteiger partial charge in [0.05, 0.1) is 13.2 Å². The minimum atomic E-state index is -1.45. The molecule has 0 aliphatic rings. The molecule has 6 nitrogen and oxygen atoms in total. The maximum absolute atomic E-state index is 9.22. The topological polar surface area (TPSA) is 99.4 Å². The predicted molar refractivity (Wildman–Crippen MR) is 157 cm³/mol. The third-order valence-electron chi connectivity index (χ3n) is 6.62. The average Bonchev–Trinajstić information content (AvgIpc) is 2.97. The molecule has 0 saturated heterocycles. The summed E-state index contributed by atoms with van der Waals surface area (Å²) in [6.07, 6.45) is 5.38. The summed E-state index contributed by atoms with van der Waals surface area (Å²) in [5.74, 6) is 1.70. The summed E-state index contributed by atoms with van der Waals surface area (Å²) < 4.78 is 11.8. The van der Waals surface area contributed by atoms with Gasteiger partial charge < -0.3 is 29.6 Å². The highest BCUT2D eigenvalue weighted by Crippen LogP contribution is 2.23. The van der Waals surface area contributed by atoms with Crippen molar-refractivity contribution in [3.05, 3.63) is 97.1 Å². The van der Waals surface area contributed by atoms with Gasteiger partial charge in [-0.1, -0.05) is 92.1 Å². The molecule has 8 heteroatoms. The van der Waals surface area contributed by atoms with Gasteiger partial charge in [0.2, 0.25) is 0 Å². The highest BCUT2D eigenvalue weighted by molar-refractivity contribution is 6.58. The first-order chi connectivity index (χ1) is 19.0. The Morgan fingerprint density at radius 2 is 0.667 bits per heavy atom. The molecule has 4 aromatic carbocycles. The second-order valence-corrected chi connectivity index (χ2v) is 9.50. The van der Waals surface area contributed by atoms with Gasteiger partial charge in [-0.05, 0) is 70.3 Å². The first kappa shape index (κ1) is 28.5. The van der Waals surface area contributed by atoms with Crippen LogP contribution in [0.25, 0.3) is 22.3 Å². The van der Waals surface area contributed by atoms with Crippen LogP contribution in [0.1, 0.15) is 32.1 Å². The van der Waals surface area contributed by atoms with Crippen LogP contribution in [0.2, 0.25) is 0 Å². The van der Waals surface area contributed by atoms with E-state index in [2.05, 4.69) is 0 Å². The summed E-state index contributed by atoms with van der Waals surface area (Å²) in [5.41, 5.74) is 5.08. The molecule has 0 amide bonds. The van der Waals surface area contributed by atoms with E-state index < -0.39 is 14.2 Å². The SMILES string of the molecule is OB(O)c1ccc(-c2ccc(OCCCCCCCOc3ccc(-c4ccc(B(O)O)cc4)cc3)cc2)cc1. The molecule has 0 heterocycles. The lowest BCUT2D eigenvalue weighted by Gasteiger charge is -2.09. The molecule has 0 aliphatic heterocycles. The van der Waals surface area contributed by atoms with Crippen LogP contribution in [0.5, 0.6) is 11.5 Å². The van der Waals surface area contributed by atoms with Crippen LogP contribution in [0.3, 0.4) is 0 Å². The minimum absolute atomic E-state index is 0.475. The Kier molecular flexibility index (Phi) is 10.6. The molecule has 200 valence electrons. The van der Waals surface area contributed by atoms with Crippen molar-refractivity contribution >= 4 is 25.2 Å². The molecule has 0 saturated carbocycles. The van der Waals surface area contributed by atoms with Crippen molar-refractivity contribution in [3.63, 3.8) is 0 Å². The second-order valence-electron chi connectivity index (χ2n) is 9.50. The van der Waals surface area contributed by atoms with Gasteiger partial charge in [0.15, 0.2) is 0 Å². The number of unbranched alkanes of at least 4 members (excludes halogenated alkanes) is 4. The molecule has 0 spiro atoms. The van der Waals surface area contributed by atoms with Crippen molar-refractivity contribution in [2.45, 2.75) is 32.1 Å². The number of benzene rings is 4. The van der Waals surface area contributed by atoms with E-state index in [-0.39, 0.29) is 0 Å².